The van der Waals surface area contributed by atoms with Crippen LogP contribution in [0.2, 0.25) is 0 Å². The molecule has 2 heterocycles. The highest BCUT2D eigenvalue weighted by atomic mass is 16.5. The summed E-state index contributed by atoms with van der Waals surface area (Å²) in [6.07, 6.45) is 4.04. The van der Waals surface area contributed by atoms with Crippen molar-refractivity contribution in [3.63, 3.8) is 0 Å². The highest BCUT2D eigenvalue weighted by molar-refractivity contribution is 5.89. The Hall–Kier alpha value is -2.83. The number of carboxylic acids is 1. The number of piperidine rings is 1. The number of aryl methyl sites for hydroxylation is 1. The quantitative estimate of drug-likeness (QED) is 0.530. The van der Waals surface area contributed by atoms with Gasteiger partial charge in [0.2, 0.25) is 0 Å². The number of ether oxygens (including phenoxy) is 2. The van der Waals surface area contributed by atoms with Gasteiger partial charge in [0.15, 0.2) is 0 Å². The van der Waals surface area contributed by atoms with Gasteiger partial charge in [0, 0.05) is 48.4 Å². The number of aromatic amines is 1. The summed E-state index contributed by atoms with van der Waals surface area (Å²) >= 11 is 0. The van der Waals surface area contributed by atoms with E-state index < -0.39 is 5.97 Å². The highest BCUT2D eigenvalue weighted by Gasteiger charge is 2.31. The molecule has 1 aliphatic heterocycles. The smallest absolute Gasteiger partial charge is 0.335 e. The minimum absolute atomic E-state index is 0.142. The molecule has 6 heteroatoms. The van der Waals surface area contributed by atoms with E-state index in [2.05, 4.69) is 29.8 Å². The monoisotopic (exact) mass is 436 g/mol. The number of carboxylic acid groups (broad SMARTS) is 1. The van der Waals surface area contributed by atoms with Crippen LogP contribution in [0, 0.1) is 13.8 Å². The van der Waals surface area contributed by atoms with Crippen molar-refractivity contribution in [1.82, 2.24) is 9.88 Å². The summed E-state index contributed by atoms with van der Waals surface area (Å²) in [7, 11) is 1.74. The van der Waals surface area contributed by atoms with Crippen LogP contribution in [0.1, 0.15) is 58.4 Å². The van der Waals surface area contributed by atoms with Crippen molar-refractivity contribution >= 4 is 16.9 Å². The number of H-pyrrole nitrogens is 1. The minimum Gasteiger partial charge on any atom is -0.496 e. The van der Waals surface area contributed by atoms with Gasteiger partial charge in [-0.05, 0) is 68.5 Å². The highest BCUT2D eigenvalue weighted by Crippen LogP contribution is 2.39. The second-order valence-corrected chi connectivity index (χ2v) is 8.54. The first-order valence-corrected chi connectivity index (χ1v) is 11.3. The number of rotatable bonds is 7. The van der Waals surface area contributed by atoms with Gasteiger partial charge in [-0.2, -0.15) is 0 Å². The molecule has 0 unspecified atom stereocenters. The number of aromatic nitrogens is 1. The van der Waals surface area contributed by atoms with Gasteiger partial charge in [-0.15, -0.1) is 0 Å². The molecule has 3 aromatic rings. The van der Waals surface area contributed by atoms with Crippen LogP contribution >= 0.6 is 0 Å². The van der Waals surface area contributed by atoms with Crippen molar-refractivity contribution in [2.45, 2.75) is 52.3 Å². The molecule has 4 rings (SSSR count). The van der Waals surface area contributed by atoms with Gasteiger partial charge >= 0.3 is 5.97 Å². The Bertz CT molecular complexity index is 1100. The predicted octanol–water partition coefficient (Wildman–Crippen LogP) is 5.23. The molecule has 1 fully saturated rings. The van der Waals surface area contributed by atoms with Crippen molar-refractivity contribution in [3.8, 4) is 5.75 Å². The largest absolute Gasteiger partial charge is 0.496 e. The van der Waals surface area contributed by atoms with E-state index in [1.54, 1.807) is 19.2 Å². The van der Waals surface area contributed by atoms with Crippen molar-refractivity contribution in [3.05, 3.63) is 64.3 Å². The Morgan fingerprint density at radius 1 is 1.19 bits per heavy atom. The maximum atomic E-state index is 11.3. The lowest BCUT2D eigenvalue weighted by Crippen LogP contribution is -2.39. The molecule has 2 aromatic carbocycles. The molecule has 170 valence electrons. The number of likely N-dealkylation sites (tertiary alicyclic amines) is 1. The normalized spacial score (nSPS) is 19.4. The van der Waals surface area contributed by atoms with Crippen molar-refractivity contribution < 1.29 is 19.4 Å². The number of methoxy groups -OCH3 is 1. The van der Waals surface area contributed by atoms with Crippen LogP contribution in [0.5, 0.6) is 5.75 Å². The van der Waals surface area contributed by atoms with E-state index >= 15 is 0 Å². The molecular weight excluding hydrogens is 404 g/mol. The topological polar surface area (TPSA) is 74.8 Å². The Kier molecular flexibility index (Phi) is 6.53. The molecule has 0 bridgehead atoms. The number of nitrogens with one attached hydrogen (secondary N) is 1. The average molecular weight is 437 g/mol. The zero-order valence-electron chi connectivity index (χ0n) is 19.3. The number of hydrogen-bond acceptors (Lipinski definition) is 4. The summed E-state index contributed by atoms with van der Waals surface area (Å²) in [5, 5.41) is 10.5. The van der Waals surface area contributed by atoms with Gasteiger partial charge in [0.1, 0.15) is 5.75 Å². The third kappa shape index (κ3) is 4.12. The van der Waals surface area contributed by atoms with Gasteiger partial charge in [-0.3, -0.25) is 4.90 Å². The van der Waals surface area contributed by atoms with Crippen LogP contribution in [-0.2, 0) is 11.3 Å². The number of hydrogen-bond donors (Lipinski definition) is 2. The third-order valence-electron chi connectivity index (χ3n) is 6.80. The molecule has 2 N–H and O–H groups in total. The van der Waals surface area contributed by atoms with Gasteiger partial charge < -0.3 is 19.6 Å². The van der Waals surface area contributed by atoms with E-state index in [4.69, 9.17) is 9.47 Å². The van der Waals surface area contributed by atoms with Crippen LogP contribution < -0.4 is 4.74 Å². The molecule has 2 atom stereocenters. The lowest BCUT2D eigenvalue weighted by molar-refractivity contribution is -0.0138. The molecule has 6 nitrogen and oxygen atoms in total. The Labute approximate surface area is 189 Å². The molecule has 1 saturated heterocycles. The average Bonchev–Trinajstić information content (AvgIpc) is 3.29. The molecule has 0 radical (unpaired) electrons. The first kappa shape index (κ1) is 22.4. The SMILES string of the molecule is CCO[C@@H]1CCN(Cc2c(OC)c(C)c(C)c3[nH]ccc23)[C@@H](c2ccc(C(=O)O)cc2)C1. The van der Waals surface area contributed by atoms with Crippen molar-refractivity contribution in [1.29, 1.82) is 0 Å². The minimum atomic E-state index is -0.904. The van der Waals surface area contributed by atoms with Gasteiger partial charge in [0.05, 0.1) is 18.8 Å². The zero-order valence-corrected chi connectivity index (χ0v) is 19.3. The van der Waals surface area contributed by atoms with Crippen LogP contribution in [0.25, 0.3) is 10.9 Å². The number of carbonyl (C=O) groups is 1. The van der Waals surface area contributed by atoms with Gasteiger partial charge in [-0.25, -0.2) is 4.79 Å². The molecule has 0 saturated carbocycles. The second kappa shape index (κ2) is 9.35. The molecule has 0 amide bonds. The lowest BCUT2D eigenvalue weighted by atomic mass is 9.91. The molecule has 1 aliphatic rings. The fourth-order valence-corrected chi connectivity index (χ4v) is 5.03. The maximum absolute atomic E-state index is 11.3. The van der Waals surface area contributed by atoms with E-state index in [9.17, 15) is 9.90 Å². The summed E-state index contributed by atoms with van der Waals surface area (Å²) in [6.45, 7) is 8.62. The second-order valence-electron chi connectivity index (χ2n) is 8.54. The van der Waals surface area contributed by atoms with Gasteiger partial charge in [0.25, 0.3) is 0 Å². The van der Waals surface area contributed by atoms with Crippen molar-refractivity contribution in [2.24, 2.45) is 0 Å². The van der Waals surface area contributed by atoms with Crippen LogP contribution in [0.4, 0.5) is 0 Å². The molecule has 1 aromatic heterocycles. The van der Waals surface area contributed by atoms with Crippen LogP contribution in [0.15, 0.2) is 36.5 Å². The Morgan fingerprint density at radius 3 is 2.59 bits per heavy atom. The fourth-order valence-electron chi connectivity index (χ4n) is 5.03. The van der Waals surface area contributed by atoms with E-state index in [0.29, 0.717) is 12.2 Å². The van der Waals surface area contributed by atoms with Gasteiger partial charge in [-0.1, -0.05) is 12.1 Å². The van der Waals surface area contributed by atoms with E-state index in [1.807, 2.05) is 25.3 Å². The Balaban J connectivity index is 1.72. The molecular formula is C26H32N2O4. The fraction of sp³-hybridized carbons (Fsp3) is 0.423. The Morgan fingerprint density at radius 2 is 1.94 bits per heavy atom. The van der Waals surface area contributed by atoms with Crippen LogP contribution in [-0.4, -0.2) is 47.3 Å². The van der Waals surface area contributed by atoms with E-state index in [-0.39, 0.29) is 12.1 Å². The molecule has 32 heavy (non-hydrogen) atoms. The van der Waals surface area contributed by atoms with E-state index in [0.717, 1.165) is 48.3 Å². The summed E-state index contributed by atoms with van der Waals surface area (Å²) in [4.78, 5) is 17.2. The molecule has 0 aliphatic carbocycles. The predicted molar refractivity (Wildman–Crippen MR) is 126 cm³/mol. The standard InChI is InChI=1S/C26H32N2O4/c1-5-32-20-11-13-28(23(14-20)18-6-8-19(9-7-18)26(29)30)15-22-21-10-12-27-24(21)16(2)17(3)25(22)31-4/h6-10,12,20,23,27H,5,11,13-15H2,1-4H3,(H,29,30)/t20-,23-/m1/s1. The number of aromatic carboxylic acids is 1. The molecule has 0 spiro atoms. The summed E-state index contributed by atoms with van der Waals surface area (Å²) in [5.74, 6) is 0.0421. The first-order valence-electron chi connectivity index (χ1n) is 11.3. The van der Waals surface area contributed by atoms with E-state index in [1.165, 1.54) is 16.5 Å². The number of benzene rings is 2. The van der Waals surface area contributed by atoms with Crippen LogP contribution in [0.3, 0.4) is 0 Å². The van der Waals surface area contributed by atoms with Crippen molar-refractivity contribution in [2.75, 3.05) is 20.3 Å². The third-order valence-corrected chi connectivity index (χ3v) is 6.80. The number of nitrogens with zero attached hydrogens (tertiary/aromatic N) is 1. The lowest BCUT2D eigenvalue weighted by Gasteiger charge is -2.40. The number of fused-ring (bicyclic) bond motifs is 1. The first-order chi connectivity index (χ1) is 15.4. The summed E-state index contributed by atoms with van der Waals surface area (Å²) < 4.78 is 11.9. The summed E-state index contributed by atoms with van der Waals surface area (Å²) in [6, 6.07) is 9.55. The summed E-state index contributed by atoms with van der Waals surface area (Å²) in [5.41, 5.74) is 6.14. The maximum Gasteiger partial charge on any atom is 0.335 e. The zero-order chi connectivity index (χ0) is 22.8.